The van der Waals surface area contributed by atoms with Crippen molar-refractivity contribution >= 4 is 27.0 Å². The topological polar surface area (TPSA) is 37.4 Å². The number of para-hydroxylation sites is 1. The Morgan fingerprint density at radius 2 is 1.50 bits per heavy atom. The average Bonchev–Trinajstić information content (AvgIpc) is 3.11. The summed E-state index contributed by atoms with van der Waals surface area (Å²) in [4.78, 5) is 1.07. The number of aryl methyl sites for hydroxylation is 1. The van der Waals surface area contributed by atoms with E-state index in [0.29, 0.717) is 16.4 Å². The molecule has 24 heavy (non-hydrogen) atoms. The van der Waals surface area contributed by atoms with Gasteiger partial charge in [0.15, 0.2) is 0 Å². The lowest BCUT2D eigenvalue weighted by atomic mass is 10.2. The number of rotatable bonds is 6. The summed E-state index contributed by atoms with van der Waals surface area (Å²) in [7, 11) is -3.59. The predicted octanol–water partition coefficient (Wildman–Crippen LogP) is 4.71. The molecule has 0 aliphatic rings. The summed E-state index contributed by atoms with van der Waals surface area (Å²) < 4.78 is 28.3. The van der Waals surface area contributed by atoms with E-state index in [1.165, 1.54) is 15.6 Å². The minimum absolute atomic E-state index is 0.312. The molecule has 0 saturated carbocycles. The molecule has 124 valence electrons. The Kier molecular flexibility index (Phi) is 5.02. The van der Waals surface area contributed by atoms with Crippen molar-refractivity contribution in [1.29, 1.82) is 0 Å². The molecule has 3 rings (SSSR count). The van der Waals surface area contributed by atoms with Crippen molar-refractivity contribution < 1.29 is 8.42 Å². The fourth-order valence-electron chi connectivity index (χ4n) is 2.45. The molecule has 3 nitrogen and oxygen atoms in total. The third-order valence-electron chi connectivity index (χ3n) is 3.74. The van der Waals surface area contributed by atoms with Crippen LogP contribution < -0.4 is 4.31 Å². The normalized spacial score (nSPS) is 11.4. The number of benzene rings is 2. The van der Waals surface area contributed by atoms with Gasteiger partial charge in [-0.3, -0.25) is 4.31 Å². The first kappa shape index (κ1) is 16.7. The lowest BCUT2D eigenvalue weighted by Crippen LogP contribution is -2.30. The van der Waals surface area contributed by atoms with Crippen LogP contribution in [0.4, 0.5) is 5.69 Å². The highest BCUT2D eigenvalue weighted by Gasteiger charge is 2.26. The standard InChI is InChI=1S/C19H19NO2S2/c1-2-18-13-14-19(23-18)24(21,22)20(17-11-7-4-8-12-17)15-16-9-5-3-6-10-16/h3-14H,2,15H2,1H3. The molecule has 0 bridgehead atoms. The summed E-state index contributed by atoms with van der Waals surface area (Å²) in [6.45, 7) is 2.34. The van der Waals surface area contributed by atoms with Gasteiger partial charge >= 0.3 is 0 Å². The summed E-state index contributed by atoms with van der Waals surface area (Å²) in [5, 5.41) is 0. The first-order valence-electron chi connectivity index (χ1n) is 7.81. The van der Waals surface area contributed by atoms with E-state index in [0.717, 1.165) is 16.9 Å². The second-order valence-electron chi connectivity index (χ2n) is 5.41. The van der Waals surface area contributed by atoms with E-state index >= 15 is 0 Å². The first-order valence-corrected chi connectivity index (χ1v) is 10.1. The predicted molar refractivity (Wildman–Crippen MR) is 99.9 cm³/mol. The molecule has 0 unspecified atom stereocenters. The molecule has 0 fully saturated rings. The lowest BCUT2D eigenvalue weighted by Gasteiger charge is -2.24. The average molecular weight is 358 g/mol. The van der Waals surface area contributed by atoms with Crippen LogP contribution in [-0.4, -0.2) is 8.42 Å². The summed E-state index contributed by atoms with van der Waals surface area (Å²) in [5.74, 6) is 0. The van der Waals surface area contributed by atoms with Crippen LogP contribution in [0.5, 0.6) is 0 Å². The molecular formula is C19H19NO2S2. The van der Waals surface area contributed by atoms with Crippen molar-refractivity contribution in [3.63, 3.8) is 0 Å². The molecule has 1 heterocycles. The molecule has 0 aliphatic heterocycles. The van der Waals surface area contributed by atoms with Crippen LogP contribution in [0.1, 0.15) is 17.4 Å². The molecule has 0 aliphatic carbocycles. The highest BCUT2D eigenvalue weighted by molar-refractivity contribution is 7.94. The van der Waals surface area contributed by atoms with Gasteiger partial charge in [-0.1, -0.05) is 55.5 Å². The zero-order valence-electron chi connectivity index (χ0n) is 13.4. The molecule has 0 spiro atoms. The zero-order valence-corrected chi connectivity index (χ0v) is 15.1. The van der Waals surface area contributed by atoms with Crippen LogP contribution in [-0.2, 0) is 23.0 Å². The third kappa shape index (κ3) is 3.52. The van der Waals surface area contributed by atoms with Crippen molar-refractivity contribution in [1.82, 2.24) is 0 Å². The van der Waals surface area contributed by atoms with Crippen LogP contribution in [0.25, 0.3) is 0 Å². The Hall–Kier alpha value is -2.11. The van der Waals surface area contributed by atoms with Gasteiger partial charge in [0, 0.05) is 4.88 Å². The SMILES string of the molecule is CCc1ccc(S(=O)(=O)N(Cc2ccccc2)c2ccccc2)s1. The summed E-state index contributed by atoms with van der Waals surface area (Å²) in [6.07, 6.45) is 0.838. The summed E-state index contributed by atoms with van der Waals surface area (Å²) >= 11 is 1.34. The van der Waals surface area contributed by atoms with Gasteiger partial charge < -0.3 is 0 Å². The molecule has 2 aromatic carbocycles. The quantitative estimate of drug-likeness (QED) is 0.641. The van der Waals surface area contributed by atoms with Crippen molar-refractivity contribution in [3.05, 3.63) is 83.2 Å². The zero-order chi connectivity index (χ0) is 17.0. The number of thiophene rings is 1. The van der Waals surface area contributed by atoms with Crippen LogP contribution in [0, 0.1) is 0 Å². The fourth-order valence-corrected chi connectivity index (χ4v) is 5.32. The highest BCUT2D eigenvalue weighted by Crippen LogP contribution is 2.30. The van der Waals surface area contributed by atoms with Gasteiger partial charge in [0.2, 0.25) is 0 Å². The molecule has 5 heteroatoms. The first-order chi connectivity index (χ1) is 11.6. The fraction of sp³-hybridized carbons (Fsp3) is 0.158. The summed E-state index contributed by atoms with van der Waals surface area (Å²) in [6, 6.07) is 22.5. The van der Waals surface area contributed by atoms with Crippen LogP contribution in [0.3, 0.4) is 0 Å². The molecule has 0 radical (unpaired) electrons. The van der Waals surface area contributed by atoms with E-state index in [-0.39, 0.29) is 0 Å². The Morgan fingerprint density at radius 3 is 2.08 bits per heavy atom. The number of anilines is 1. The number of sulfonamides is 1. The molecule has 1 aromatic heterocycles. The molecule has 0 N–H and O–H groups in total. The van der Waals surface area contributed by atoms with Gasteiger partial charge in [-0.15, -0.1) is 11.3 Å². The lowest BCUT2D eigenvalue weighted by molar-refractivity contribution is 0.592. The summed E-state index contributed by atoms with van der Waals surface area (Å²) in [5.41, 5.74) is 1.63. The van der Waals surface area contributed by atoms with Crippen molar-refractivity contribution in [2.45, 2.75) is 24.1 Å². The maximum absolute atomic E-state index is 13.2. The minimum Gasteiger partial charge on any atom is -0.261 e. The smallest absolute Gasteiger partial charge is 0.261 e. The largest absolute Gasteiger partial charge is 0.274 e. The molecule has 0 amide bonds. The van der Waals surface area contributed by atoms with E-state index in [2.05, 4.69) is 0 Å². The monoisotopic (exact) mass is 357 g/mol. The Morgan fingerprint density at radius 1 is 0.875 bits per heavy atom. The maximum atomic E-state index is 13.2. The Balaban J connectivity index is 2.03. The van der Waals surface area contributed by atoms with E-state index in [1.54, 1.807) is 6.07 Å². The molecular weight excluding hydrogens is 338 g/mol. The second kappa shape index (κ2) is 7.20. The Labute approximate surface area is 147 Å². The van der Waals surface area contributed by atoms with Crippen molar-refractivity contribution in [2.75, 3.05) is 4.31 Å². The van der Waals surface area contributed by atoms with Gasteiger partial charge in [0.25, 0.3) is 10.0 Å². The number of nitrogens with zero attached hydrogens (tertiary/aromatic N) is 1. The number of hydrogen-bond donors (Lipinski definition) is 0. The van der Waals surface area contributed by atoms with Crippen LogP contribution in [0.2, 0.25) is 0 Å². The minimum atomic E-state index is -3.59. The van der Waals surface area contributed by atoms with Crippen LogP contribution >= 0.6 is 11.3 Å². The maximum Gasteiger partial charge on any atom is 0.274 e. The Bertz CT molecular complexity index is 887. The van der Waals surface area contributed by atoms with Crippen molar-refractivity contribution in [3.8, 4) is 0 Å². The van der Waals surface area contributed by atoms with Crippen LogP contribution in [0.15, 0.2) is 77.0 Å². The number of hydrogen-bond acceptors (Lipinski definition) is 3. The molecule has 0 atom stereocenters. The molecule has 0 saturated heterocycles. The molecule has 3 aromatic rings. The highest BCUT2D eigenvalue weighted by atomic mass is 32.2. The van der Waals surface area contributed by atoms with E-state index < -0.39 is 10.0 Å². The van der Waals surface area contributed by atoms with Gasteiger partial charge in [-0.2, -0.15) is 0 Å². The van der Waals surface area contributed by atoms with E-state index in [1.807, 2.05) is 73.7 Å². The van der Waals surface area contributed by atoms with Gasteiger partial charge in [0.1, 0.15) is 4.21 Å². The second-order valence-corrected chi connectivity index (χ2v) is 8.66. The third-order valence-corrected chi connectivity index (χ3v) is 7.21. The van der Waals surface area contributed by atoms with Gasteiger partial charge in [-0.25, -0.2) is 8.42 Å². The van der Waals surface area contributed by atoms with Gasteiger partial charge in [-0.05, 0) is 36.2 Å². The van der Waals surface area contributed by atoms with Gasteiger partial charge in [0.05, 0.1) is 12.2 Å². The van der Waals surface area contributed by atoms with E-state index in [4.69, 9.17) is 0 Å². The van der Waals surface area contributed by atoms with Crippen molar-refractivity contribution in [2.24, 2.45) is 0 Å². The van der Waals surface area contributed by atoms with E-state index in [9.17, 15) is 8.42 Å².